The minimum Gasteiger partial charge on any atom is -0.399 e. The third kappa shape index (κ3) is 1.05. The van der Waals surface area contributed by atoms with Crippen LogP contribution in [0.3, 0.4) is 0 Å². The van der Waals surface area contributed by atoms with Gasteiger partial charge in [-0.15, -0.1) is 4.91 Å². The topological polar surface area (TPSA) is 81.5 Å². The molecule has 0 radical (unpaired) electrons. The van der Waals surface area contributed by atoms with E-state index in [4.69, 9.17) is 11.5 Å². The van der Waals surface area contributed by atoms with E-state index in [1.54, 1.807) is 12.1 Å². The lowest BCUT2D eigenvalue weighted by molar-refractivity contribution is 1.50. The second kappa shape index (κ2) is 2.34. The van der Waals surface area contributed by atoms with Gasteiger partial charge >= 0.3 is 0 Å². The monoisotopic (exact) mass is 137 g/mol. The van der Waals surface area contributed by atoms with E-state index < -0.39 is 0 Å². The standard InChI is InChI=1S/C6H7N3O/c7-4-1-2-5(8)6(3-4)9-10/h1-3H,7-8H2. The summed E-state index contributed by atoms with van der Waals surface area (Å²) >= 11 is 0. The summed E-state index contributed by atoms with van der Waals surface area (Å²) in [4.78, 5) is 9.99. The van der Waals surface area contributed by atoms with Gasteiger partial charge in [0.2, 0.25) is 0 Å². The van der Waals surface area contributed by atoms with Crippen LogP contribution in [0.4, 0.5) is 17.1 Å². The summed E-state index contributed by atoms with van der Waals surface area (Å²) in [5.41, 5.74) is 11.7. The van der Waals surface area contributed by atoms with Crippen molar-refractivity contribution in [1.82, 2.24) is 0 Å². The molecule has 0 aromatic heterocycles. The third-order valence-electron chi connectivity index (χ3n) is 1.15. The maximum Gasteiger partial charge on any atom is 0.132 e. The number of benzene rings is 1. The highest BCUT2D eigenvalue weighted by Gasteiger charge is 1.96. The molecule has 0 saturated heterocycles. The van der Waals surface area contributed by atoms with E-state index in [1.807, 2.05) is 0 Å². The molecule has 10 heavy (non-hydrogen) atoms. The molecule has 52 valence electrons. The fourth-order valence-corrected chi connectivity index (χ4v) is 0.640. The molecule has 0 amide bonds. The summed E-state index contributed by atoms with van der Waals surface area (Å²) in [6.07, 6.45) is 0. The lowest BCUT2D eigenvalue weighted by atomic mass is 10.2. The minimum absolute atomic E-state index is 0.194. The Morgan fingerprint density at radius 3 is 2.50 bits per heavy atom. The average Bonchev–Trinajstić information content (AvgIpc) is 1.94. The van der Waals surface area contributed by atoms with Crippen LogP contribution in [0.2, 0.25) is 0 Å². The predicted molar refractivity (Wildman–Crippen MR) is 40.7 cm³/mol. The van der Waals surface area contributed by atoms with E-state index in [2.05, 4.69) is 5.18 Å². The maximum atomic E-state index is 9.99. The first-order valence-corrected chi connectivity index (χ1v) is 2.72. The molecule has 0 saturated carbocycles. The summed E-state index contributed by atoms with van der Waals surface area (Å²) in [5, 5.41) is 2.68. The first-order chi connectivity index (χ1) is 4.74. The van der Waals surface area contributed by atoms with Gasteiger partial charge in [0.15, 0.2) is 0 Å². The van der Waals surface area contributed by atoms with Crippen LogP contribution in [0.25, 0.3) is 0 Å². The number of rotatable bonds is 1. The van der Waals surface area contributed by atoms with Crippen LogP contribution < -0.4 is 11.5 Å². The van der Waals surface area contributed by atoms with Crippen molar-refractivity contribution in [2.45, 2.75) is 0 Å². The van der Waals surface area contributed by atoms with E-state index in [1.165, 1.54) is 6.07 Å². The molecule has 4 heteroatoms. The van der Waals surface area contributed by atoms with E-state index in [0.29, 0.717) is 11.4 Å². The van der Waals surface area contributed by atoms with Crippen molar-refractivity contribution in [3.63, 3.8) is 0 Å². The van der Waals surface area contributed by atoms with E-state index >= 15 is 0 Å². The molecule has 0 unspecified atom stereocenters. The van der Waals surface area contributed by atoms with Gasteiger partial charge in [-0.2, -0.15) is 0 Å². The van der Waals surface area contributed by atoms with Crippen LogP contribution in [0.15, 0.2) is 23.4 Å². The first kappa shape index (κ1) is 6.54. The van der Waals surface area contributed by atoms with Crippen LogP contribution in [0, 0.1) is 4.91 Å². The Bertz CT molecular complexity index is 259. The SMILES string of the molecule is Nc1ccc(N)c(N=O)c1. The normalized spacial score (nSPS) is 9.20. The highest BCUT2D eigenvalue weighted by atomic mass is 16.3. The van der Waals surface area contributed by atoms with Gasteiger partial charge in [0.1, 0.15) is 5.69 Å². The number of nitrogens with zero attached hydrogens (tertiary/aromatic N) is 1. The predicted octanol–water partition coefficient (Wildman–Crippen LogP) is 1.25. The Balaban J connectivity index is 3.21. The maximum absolute atomic E-state index is 9.99. The quantitative estimate of drug-likeness (QED) is 0.451. The van der Waals surface area contributed by atoms with Gasteiger partial charge < -0.3 is 11.5 Å². The van der Waals surface area contributed by atoms with Crippen LogP contribution in [-0.2, 0) is 0 Å². The zero-order valence-corrected chi connectivity index (χ0v) is 5.24. The van der Waals surface area contributed by atoms with E-state index in [0.717, 1.165) is 0 Å². The summed E-state index contributed by atoms with van der Waals surface area (Å²) in [6.45, 7) is 0. The smallest absolute Gasteiger partial charge is 0.132 e. The van der Waals surface area contributed by atoms with E-state index in [9.17, 15) is 4.91 Å². The lowest BCUT2D eigenvalue weighted by Crippen LogP contribution is -1.88. The second-order valence-corrected chi connectivity index (χ2v) is 1.91. The first-order valence-electron chi connectivity index (χ1n) is 2.72. The van der Waals surface area contributed by atoms with E-state index in [-0.39, 0.29) is 5.69 Å². The molecule has 1 aromatic rings. The minimum atomic E-state index is 0.194. The van der Waals surface area contributed by atoms with Crippen molar-refractivity contribution in [2.75, 3.05) is 11.5 Å². The summed E-state index contributed by atoms with van der Waals surface area (Å²) < 4.78 is 0. The van der Waals surface area contributed by atoms with Gasteiger partial charge in [-0.25, -0.2) is 0 Å². The van der Waals surface area contributed by atoms with Crippen LogP contribution in [0.1, 0.15) is 0 Å². The summed E-state index contributed by atoms with van der Waals surface area (Å²) in [6, 6.07) is 4.60. The average molecular weight is 137 g/mol. The largest absolute Gasteiger partial charge is 0.399 e. The van der Waals surface area contributed by atoms with Crippen LogP contribution in [-0.4, -0.2) is 0 Å². The van der Waals surface area contributed by atoms with Crippen molar-refractivity contribution < 1.29 is 0 Å². The molecule has 0 heterocycles. The molecule has 0 bridgehead atoms. The van der Waals surface area contributed by atoms with Gasteiger partial charge in [0.25, 0.3) is 0 Å². The number of nitroso groups, excluding NO2 is 1. The van der Waals surface area contributed by atoms with Gasteiger partial charge in [-0.05, 0) is 23.4 Å². The Morgan fingerprint density at radius 1 is 1.30 bits per heavy atom. The Kier molecular flexibility index (Phi) is 1.53. The number of nitrogens with two attached hydrogens (primary N) is 2. The van der Waals surface area contributed by atoms with Gasteiger partial charge in [-0.1, -0.05) is 0 Å². The third-order valence-corrected chi connectivity index (χ3v) is 1.15. The molecule has 4 nitrogen and oxygen atoms in total. The molecule has 4 N–H and O–H groups in total. The van der Waals surface area contributed by atoms with Crippen molar-refractivity contribution in [2.24, 2.45) is 5.18 Å². The molecule has 1 rings (SSSR count). The van der Waals surface area contributed by atoms with Crippen LogP contribution >= 0.6 is 0 Å². The number of anilines is 2. The zero-order valence-electron chi connectivity index (χ0n) is 5.24. The zero-order chi connectivity index (χ0) is 7.56. The summed E-state index contributed by atoms with van der Waals surface area (Å²) in [5.74, 6) is 0. The van der Waals surface area contributed by atoms with Crippen LogP contribution in [0.5, 0.6) is 0 Å². The molecule has 0 aliphatic rings. The van der Waals surface area contributed by atoms with Crippen molar-refractivity contribution in [3.8, 4) is 0 Å². The summed E-state index contributed by atoms with van der Waals surface area (Å²) in [7, 11) is 0. The molecule has 1 aromatic carbocycles. The molecular weight excluding hydrogens is 130 g/mol. The molecule has 0 atom stereocenters. The highest BCUT2D eigenvalue weighted by Crippen LogP contribution is 2.23. The highest BCUT2D eigenvalue weighted by molar-refractivity contribution is 5.67. The fraction of sp³-hybridized carbons (Fsp3) is 0. The number of hydrogen-bond acceptors (Lipinski definition) is 4. The Morgan fingerprint density at radius 2 is 2.00 bits per heavy atom. The second-order valence-electron chi connectivity index (χ2n) is 1.91. The van der Waals surface area contributed by atoms with Gasteiger partial charge in [0.05, 0.1) is 5.69 Å². The number of hydrogen-bond donors (Lipinski definition) is 2. The van der Waals surface area contributed by atoms with Crippen molar-refractivity contribution in [3.05, 3.63) is 23.1 Å². The molecule has 0 fully saturated rings. The van der Waals surface area contributed by atoms with Gasteiger partial charge in [0, 0.05) is 5.69 Å². The molecule has 0 aliphatic heterocycles. The molecular formula is C6H7N3O. The molecule has 0 aliphatic carbocycles. The number of nitrogen functional groups attached to an aromatic ring is 2. The van der Waals surface area contributed by atoms with Crippen molar-refractivity contribution in [1.29, 1.82) is 0 Å². The Labute approximate surface area is 57.8 Å². The Hall–Kier alpha value is -1.58. The fourth-order valence-electron chi connectivity index (χ4n) is 0.640. The van der Waals surface area contributed by atoms with Gasteiger partial charge in [-0.3, -0.25) is 0 Å². The van der Waals surface area contributed by atoms with Crippen molar-refractivity contribution >= 4 is 17.1 Å². The molecule has 0 spiro atoms. The lowest BCUT2D eigenvalue weighted by Gasteiger charge is -1.96.